The Bertz CT molecular complexity index is 1630. The van der Waals surface area contributed by atoms with Gasteiger partial charge in [-0.3, -0.25) is 0 Å². The molecule has 0 aliphatic carbocycles. The van der Waals surface area contributed by atoms with Crippen molar-refractivity contribution in [3.63, 3.8) is 0 Å². The second-order valence-electron chi connectivity index (χ2n) is 11.0. The van der Waals surface area contributed by atoms with E-state index in [0.717, 1.165) is 33.7 Å². The van der Waals surface area contributed by atoms with Crippen LogP contribution in [0.3, 0.4) is 0 Å². The predicted octanol–water partition coefficient (Wildman–Crippen LogP) is 3.43. The van der Waals surface area contributed by atoms with Gasteiger partial charge in [-0.2, -0.15) is 9.57 Å². The first-order chi connectivity index (χ1) is 18.1. The molecule has 13 heteroatoms. The van der Waals surface area contributed by atoms with Gasteiger partial charge in [0.25, 0.3) is 0 Å². The average molecular weight is 553 g/mol. The number of sulfonamides is 1. The fourth-order valence-electron chi connectivity index (χ4n) is 4.86. The van der Waals surface area contributed by atoms with Crippen LogP contribution in [-0.2, 0) is 27.0 Å². The number of ether oxygens (including phenoxy) is 1. The van der Waals surface area contributed by atoms with E-state index in [0.29, 0.717) is 19.0 Å². The number of nitrogens with zero attached hydrogens (tertiary/aromatic N) is 8. The molecule has 0 radical (unpaired) electrons. The van der Waals surface area contributed by atoms with Crippen molar-refractivity contribution in [3.8, 4) is 17.3 Å². The molecule has 0 bridgehead atoms. The Labute approximate surface area is 223 Å². The van der Waals surface area contributed by atoms with Crippen LogP contribution >= 0.6 is 0 Å². The van der Waals surface area contributed by atoms with Crippen LogP contribution in [0.2, 0.25) is 25.7 Å². The largest absolute Gasteiger partial charge is 0.361 e. The molecule has 200 valence electrons. The first-order valence-corrected chi connectivity index (χ1v) is 17.9. The summed E-state index contributed by atoms with van der Waals surface area (Å²) in [6.45, 7) is 10.2. The van der Waals surface area contributed by atoms with Gasteiger partial charge in [0.15, 0.2) is 0 Å². The Hall–Kier alpha value is -3.18. The summed E-state index contributed by atoms with van der Waals surface area (Å²) < 4.78 is 36.2. The number of fused-ring (bicyclic) bond motifs is 2. The Morgan fingerprint density at radius 3 is 2.61 bits per heavy atom. The normalized spacial score (nSPS) is 16.1. The van der Waals surface area contributed by atoms with E-state index in [1.807, 2.05) is 27.6 Å². The van der Waals surface area contributed by atoms with Gasteiger partial charge < -0.3 is 13.9 Å². The minimum absolute atomic E-state index is 0.0211. The second-order valence-corrected chi connectivity index (χ2v) is 18.9. The van der Waals surface area contributed by atoms with Crippen molar-refractivity contribution in [2.24, 2.45) is 0 Å². The van der Waals surface area contributed by atoms with E-state index in [2.05, 4.69) is 45.6 Å². The topological polar surface area (TPSA) is 132 Å². The number of nitriles is 1. The maximum absolute atomic E-state index is 12.5. The van der Waals surface area contributed by atoms with Gasteiger partial charge in [0.2, 0.25) is 10.0 Å². The lowest BCUT2D eigenvalue weighted by Gasteiger charge is -2.49. The van der Waals surface area contributed by atoms with Crippen LogP contribution in [0.15, 0.2) is 37.3 Å². The van der Waals surface area contributed by atoms with E-state index in [4.69, 9.17) is 4.74 Å². The molecule has 1 fully saturated rings. The Morgan fingerprint density at radius 2 is 1.89 bits per heavy atom. The summed E-state index contributed by atoms with van der Waals surface area (Å²) in [6.07, 6.45) is 8.76. The summed E-state index contributed by atoms with van der Waals surface area (Å²) in [4.78, 5) is 17.9. The highest BCUT2D eigenvalue weighted by Gasteiger charge is 2.49. The lowest BCUT2D eigenvalue weighted by molar-refractivity contribution is 0.0887. The molecule has 38 heavy (non-hydrogen) atoms. The SMILES string of the molecule is CCS(=O)(=O)N1CC(CC#N)(n2cc(-c3ncnc4c3ccn4COCC[Si](C)(C)C)c3cncnc32)C1. The molecule has 5 rings (SSSR count). The highest BCUT2D eigenvalue weighted by Crippen LogP contribution is 2.41. The van der Waals surface area contributed by atoms with Gasteiger partial charge in [0.05, 0.1) is 29.5 Å². The zero-order chi connectivity index (χ0) is 27.1. The molecule has 0 atom stereocenters. The molecule has 0 N–H and O–H groups in total. The molecule has 0 saturated carbocycles. The Morgan fingerprint density at radius 1 is 1.13 bits per heavy atom. The monoisotopic (exact) mass is 552 g/mol. The molecule has 4 aromatic rings. The van der Waals surface area contributed by atoms with E-state index in [9.17, 15) is 13.7 Å². The second kappa shape index (κ2) is 9.85. The minimum Gasteiger partial charge on any atom is -0.361 e. The third kappa shape index (κ3) is 4.73. The molecule has 1 saturated heterocycles. The number of hydrogen-bond acceptors (Lipinski definition) is 8. The van der Waals surface area contributed by atoms with Gasteiger partial charge in [-0.1, -0.05) is 19.6 Å². The maximum atomic E-state index is 12.5. The summed E-state index contributed by atoms with van der Waals surface area (Å²) in [5.41, 5.74) is 2.21. The zero-order valence-corrected chi connectivity index (χ0v) is 23.9. The number of hydrogen-bond donors (Lipinski definition) is 0. The third-order valence-electron chi connectivity index (χ3n) is 7.12. The van der Waals surface area contributed by atoms with Crippen LogP contribution < -0.4 is 0 Å². The van der Waals surface area contributed by atoms with Crippen LogP contribution in [-0.4, -0.2) is 75.3 Å². The Balaban J connectivity index is 1.53. The highest BCUT2D eigenvalue weighted by atomic mass is 32.2. The van der Waals surface area contributed by atoms with Gasteiger partial charge in [0, 0.05) is 62.7 Å². The minimum atomic E-state index is -3.36. The van der Waals surface area contributed by atoms with Crippen LogP contribution in [0.25, 0.3) is 33.3 Å². The van der Waals surface area contributed by atoms with Gasteiger partial charge in [-0.05, 0) is 19.0 Å². The van der Waals surface area contributed by atoms with Crippen LogP contribution in [0.4, 0.5) is 0 Å². The van der Waals surface area contributed by atoms with Crippen LogP contribution in [0.5, 0.6) is 0 Å². The summed E-state index contributed by atoms with van der Waals surface area (Å²) >= 11 is 0. The summed E-state index contributed by atoms with van der Waals surface area (Å²) in [6, 6.07) is 5.32. The first kappa shape index (κ1) is 26.4. The van der Waals surface area contributed by atoms with E-state index >= 15 is 0 Å². The van der Waals surface area contributed by atoms with Gasteiger partial charge in [-0.25, -0.2) is 28.4 Å². The molecule has 4 aromatic heterocycles. The highest BCUT2D eigenvalue weighted by molar-refractivity contribution is 7.89. The van der Waals surface area contributed by atoms with E-state index in [1.54, 1.807) is 13.1 Å². The van der Waals surface area contributed by atoms with Crippen molar-refractivity contribution >= 4 is 40.2 Å². The van der Waals surface area contributed by atoms with Crippen molar-refractivity contribution in [1.82, 2.24) is 33.4 Å². The molecule has 0 amide bonds. The van der Waals surface area contributed by atoms with Gasteiger partial charge >= 0.3 is 0 Å². The number of aromatic nitrogens is 6. The molecule has 5 heterocycles. The number of rotatable bonds is 10. The summed E-state index contributed by atoms with van der Waals surface area (Å²) in [7, 11) is -4.53. The lowest BCUT2D eigenvalue weighted by Crippen LogP contribution is -2.64. The van der Waals surface area contributed by atoms with Crippen molar-refractivity contribution in [2.75, 3.05) is 25.4 Å². The molecule has 0 spiro atoms. The van der Waals surface area contributed by atoms with E-state index < -0.39 is 23.6 Å². The molecular formula is C25H32N8O3SSi. The lowest BCUT2D eigenvalue weighted by atomic mass is 9.88. The fraction of sp³-hybridized carbons (Fsp3) is 0.480. The van der Waals surface area contributed by atoms with E-state index in [-0.39, 0.29) is 25.3 Å². The first-order valence-electron chi connectivity index (χ1n) is 12.6. The quantitative estimate of drug-likeness (QED) is 0.216. The van der Waals surface area contributed by atoms with Crippen molar-refractivity contribution in [2.45, 2.75) is 51.3 Å². The predicted molar refractivity (Wildman–Crippen MR) is 147 cm³/mol. The molecule has 0 unspecified atom stereocenters. The van der Waals surface area contributed by atoms with Crippen molar-refractivity contribution in [1.29, 1.82) is 5.26 Å². The standard InChI is InChI=1S/C25H32N8O3SSi/c1-5-37(34,35)32-14-25(15-32,7-8-26)33-13-21(20-12-27-16-29-24(20)33)22-19-6-9-31(23(19)30-17-28-22)18-36-10-11-38(2,3)4/h6,9,12-13,16-17H,5,7,10-11,14-15,18H2,1-4H3. The average Bonchev–Trinajstić information content (AvgIpc) is 3.45. The molecule has 1 aliphatic rings. The maximum Gasteiger partial charge on any atom is 0.213 e. The van der Waals surface area contributed by atoms with E-state index in [1.165, 1.54) is 17.0 Å². The molecule has 1 aliphatic heterocycles. The smallest absolute Gasteiger partial charge is 0.213 e. The van der Waals surface area contributed by atoms with Crippen molar-refractivity contribution < 1.29 is 13.2 Å². The molecule has 11 nitrogen and oxygen atoms in total. The molecule has 0 aromatic carbocycles. The van der Waals surface area contributed by atoms with Gasteiger partial charge in [0.1, 0.15) is 30.7 Å². The molecular weight excluding hydrogens is 520 g/mol. The summed E-state index contributed by atoms with van der Waals surface area (Å²) in [5, 5.41) is 11.3. The Kier molecular flexibility index (Phi) is 6.85. The fourth-order valence-corrected chi connectivity index (χ4v) is 6.86. The third-order valence-corrected chi connectivity index (χ3v) is 10.6. The van der Waals surface area contributed by atoms with Gasteiger partial charge in [-0.15, -0.1) is 0 Å². The van der Waals surface area contributed by atoms with Crippen LogP contribution in [0, 0.1) is 11.3 Å². The van der Waals surface area contributed by atoms with Crippen molar-refractivity contribution in [3.05, 3.63) is 37.3 Å². The van der Waals surface area contributed by atoms with Crippen LogP contribution in [0.1, 0.15) is 13.3 Å². The zero-order valence-electron chi connectivity index (χ0n) is 22.1. The summed E-state index contributed by atoms with van der Waals surface area (Å²) in [5.74, 6) is 0.0211.